The fraction of sp³-hybridized carbons (Fsp3) is 0.444. The molecule has 3 rings (SSSR count). The molecule has 3 N–H and O–H groups in total. The van der Waals surface area contributed by atoms with Crippen molar-refractivity contribution in [1.29, 1.82) is 0 Å². The maximum atomic E-state index is 12.7. The molecule has 0 aliphatic rings. The van der Waals surface area contributed by atoms with Crippen LogP contribution >= 0.6 is 0 Å². The Morgan fingerprint density at radius 1 is 1.24 bits per heavy atom. The molecule has 0 unspecified atom stereocenters. The topological polar surface area (TPSA) is 95.6 Å². The number of anilines is 2. The quantitative estimate of drug-likeness (QED) is 0.694. The molecule has 0 saturated heterocycles. The number of aromatic amines is 1. The first kappa shape index (κ1) is 20.6. The number of rotatable bonds is 5. The Hall–Kier alpha value is -3.11. The summed E-state index contributed by atoms with van der Waals surface area (Å²) < 4.78 is 39.9. The van der Waals surface area contributed by atoms with Crippen molar-refractivity contribution >= 4 is 17.4 Å². The number of fused-ring (bicyclic) bond motifs is 1. The molecular formula is C18H23F3N7O+. The summed E-state index contributed by atoms with van der Waals surface area (Å²) in [6.45, 7) is 5.66. The molecule has 0 bridgehead atoms. The molecule has 0 aromatic carbocycles. The monoisotopic (exact) mass is 410 g/mol. The zero-order valence-corrected chi connectivity index (χ0v) is 16.6. The van der Waals surface area contributed by atoms with E-state index < -0.39 is 24.8 Å². The number of nitrogens with one attached hydrogen (secondary N) is 1. The van der Waals surface area contributed by atoms with E-state index >= 15 is 0 Å². The molecule has 11 heteroatoms. The smallest absolute Gasteiger partial charge is 0.311 e. The molecule has 29 heavy (non-hydrogen) atoms. The van der Waals surface area contributed by atoms with E-state index in [-0.39, 0.29) is 11.6 Å². The van der Waals surface area contributed by atoms with Gasteiger partial charge < -0.3 is 10.6 Å². The maximum absolute atomic E-state index is 12.7. The molecule has 8 nitrogen and oxygen atoms in total. The van der Waals surface area contributed by atoms with E-state index in [4.69, 9.17) is 5.73 Å². The highest BCUT2D eigenvalue weighted by Gasteiger charge is 2.30. The predicted octanol–water partition coefficient (Wildman–Crippen LogP) is 1.98. The second kappa shape index (κ2) is 7.37. The van der Waals surface area contributed by atoms with Gasteiger partial charge in [-0.3, -0.25) is 4.98 Å². The summed E-state index contributed by atoms with van der Waals surface area (Å²) in [7, 11) is 1.84. The van der Waals surface area contributed by atoms with Gasteiger partial charge in [0.25, 0.3) is 0 Å². The number of nitrogens with zero attached hydrogens (tertiary/aromatic N) is 5. The van der Waals surface area contributed by atoms with Gasteiger partial charge in [-0.2, -0.15) is 13.2 Å². The summed E-state index contributed by atoms with van der Waals surface area (Å²) >= 11 is 0. The third-order valence-corrected chi connectivity index (χ3v) is 4.62. The summed E-state index contributed by atoms with van der Waals surface area (Å²) in [5.74, 6) is 0.597. The molecule has 3 heterocycles. The van der Waals surface area contributed by atoms with Crippen LogP contribution in [0.4, 0.5) is 24.9 Å². The van der Waals surface area contributed by atoms with E-state index in [2.05, 4.69) is 15.1 Å². The number of nitrogens with two attached hydrogens (primary N) is 1. The van der Waals surface area contributed by atoms with Gasteiger partial charge in [-0.15, -0.1) is 9.50 Å². The van der Waals surface area contributed by atoms with E-state index in [9.17, 15) is 18.0 Å². The third-order valence-electron chi connectivity index (χ3n) is 4.62. The summed E-state index contributed by atoms with van der Waals surface area (Å²) in [6.07, 6.45) is -5.56. The van der Waals surface area contributed by atoms with Crippen molar-refractivity contribution < 1.29 is 18.2 Å². The minimum Gasteiger partial charge on any atom is -0.311 e. The van der Waals surface area contributed by atoms with Crippen LogP contribution < -0.4 is 21.3 Å². The zero-order chi connectivity index (χ0) is 21.5. The van der Waals surface area contributed by atoms with Crippen LogP contribution in [0.1, 0.15) is 24.7 Å². The van der Waals surface area contributed by atoms with Crippen LogP contribution in [0.5, 0.6) is 0 Å². The molecule has 0 saturated carbocycles. The Morgan fingerprint density at radius 3 is 2.41 bits per heavy atom. The van der Waals surface area contributed by atoms with Gasteiger partial charge in [0, 0.05) is 25.0 Å². The largest absolute Gasteiger partial charge is 0.396 e. The molecule has 0 fully saturated rings. The van der Waals surface area contributed by atoms with Gasteiger partial charge in [0.2, 0.25) is 11.5 Å². The van der Waals surface area contributed by atoms with Gasteiger partial charge in [-0.25, -0.2) is 14.5 Å². The second-order valence-corrected chi connectivity index (χ2v) is 6.92. The van der Waals surface area contributed by atoms with Gasteiger partial charge in [-0.05, 0) is 38.5 Å². The Bertz CT molecular complexity index is 1100. The molecule has 0 spiro atoms. The number of H-pyrrole nitrogens is 1. The molecule has 0 radical (unpaired) electrons. The number of hydrogen-bond donors (Lipinski definition) is 1. The lowest BCUT2D eigenvalue weighted by Gasteiger charge is -2.17. The maximum Gasteiger partial charge on any atom is 0.396 e. The lowest BCUT2D eigenvalue weighted by atomic mass is 10.1. The minimum atomic E-state index is -4.40. The molecule has 0 aliphatic heterocycles. The van der Waals surface area contributed by atoms with Crippen LogP contribution in [0.2, 0.25) is 0 Å². The highest BCUT2D eigenvalue weighted by molar-refractivity contribution is 5.86. The van der Waals surface area contributed by atoms with Crippen LogP contribution in [0.15, 0.2) is 16.9 Å². The zero-order valence-electron chi connectivity index (χ0n) is 16.6. The van der Waals surface area contributed by atoms with Crippen molar-refractivity contribution in [2.75, 3.05) is 24.2 Å². The van der Waals surface area contributed by atoms with E-state index in [0.29, 0.717) is 17.9 Å². The number of aromatic nitrogens is 5. The lowest BCUT2D eigenvalue weighted by Crippen LogP contribution is -2.32. The highest BCUT2D eigenvalue weighted by atomic mass is 19.4. The average Bonchev–Trinajstić information content (AvgIpc) is 2.94. The fourth-order valence-corrected chi connectivity index (χ4v) is 3.20. The normalized spacial score (nSPS) is 12.0. The summed E-state index contributed by atoms with van der Waals surface area (Å²) in [5.41, 5.74) is 8.34. The predicted molar refractivity (Wildman–Crippen MR) is 103 cm³/mol. The SMILES string of the molecule is CCN(C)c1[nH+]c(N)n2c(=O)n(CCC(F)(F)F)nc2c1-c1cc(C)nc(C)c1. The molecule has 0 atom stereocenters. The van der Waals surface area contributed by atoms with Crippen molar-refractivity contribution in [2.45, 2.75) is 39.9 Å². The van der Waals surface area contributed by atoms with E-state index in [0.717, 1.165) is 26.0 Å². The van der Waals surface area contributed by atoms with Gasteiger partial charge in [0.1, 0.15) is 5.56 Å². The standard InChI is InChI=1S/C18H22F3N7O/c1-5-26(4)14-13(12-8-10(2)23-11(3)9-12)15-25-27(7-6-18(19,20)21)17(29)28(15)16(22)24-14/h8-9H,5-7H2,1-4H3,(H2,22,24)/p+1. The Morgan fingerprint density at radius 2 is 1.86 bits per heavy atom. The molecule has 0 amide bonds. The number of pyridine rings is 1. The molecule has 0 aliphatic carbocycles. The Kier molecular flexibility index (Phi) is 5.24. The van der Waals surface area contributed by atoms with Gasteiger partial charge in [-0.1, -0.05) is 0 Å². The lowest BCUT2D eigenvalue weighted by molar-refractivity contribution is -0.350. The number of halogens is 3. The van der Waals surface area contributed by atoms with E-state index in [1.54, 1.807) is 0 Å². The molecule has 3 aromatic heterocycles. The third kappa shape index (κ3) is 4.03. The first-order valence-corrected chi connectivity index (χ1v) is 9.09. The number of hydrogen-bond acceptors (Lipinski definition) is 5. The molecular weight excluding hydrogens is 387 g/mol. The first-order valence-electron chi connectivity index (χ1n) is 9.09. The van der Waals surface area contributed by atoms with Crippen molar-refractivity contribution in [3.63, 3.8) is 0 Å². The molecule has 156 valence electrons. The Balaban J connectivity index is 2.33. The number of nitrogen functional groups attached to an aromatic ring is 1. The minimum absolute atomic E-state index is 0.00944. The van der Waals surface area contributed by atoms with Crippen LogP contribution in [0.25, 0.3) is 16.8 Å². The van der Waals surface area contributed by atoms with Crippen molar-refractivity contribution in [3.05, 3.63) is 34.0 Å². The van der Waals surface area contributed by atoms with Gasteiger partial charge >= 0.3 is 17.8 Å². The van der Waals surface area contributed by atoms with E-state index in [1.165, 1.54) is 0 Å². The van der Waals surface area contributed by atoms with Crippen molar-refractivity contribution in [2.24, 2.45) is 0 Å². The number of aryl methyl sites for hydroxylation is 3. The fourth-order valence-electron chi connectivity index (χ4n) is 3.20. The highest BCUT2D eigenvalue weighted by Crippen LogP contribution is 2.31. The summed E-state index contributed by atoms with van der Waals surface area (Å²) in [4.78, 5) is 22.0. The van der Waals surface area contributed by atoms with Crippen LogP contribution in [0.3, 0.4) is 0 Å². The summed E-state index contributed by atoms with van der Waals surface area (Å²) in [6, 6.07) is 3.66. The average molecular weight is 410 g/mol. The Labute approximate surface area is 164 Å². The summed E-state index contributed by atoms with van der Waals surface area (Å²) in [5, 5.41) is 4.21. The van der Waals surface area contributed by atoms with Gasteiger partial charge in [0.15, 0.2) is 0 Å². The van der Waals surface area contributed by atoms with E-state index in [1.807, 2.05) is 44.9 Å². The molecule has 3 aromatic rings. The first-order chi connectivity index (χ1) is 13.5. The van der Waals surface area contributed by atoms with Crippen molar-refractivity contribution in [3.8, 4) is 11.1 Å². The van der Waals surface area contributed by atoms with Crippen LogP contribution in [-0.4, -0.2) is 38.9 Å². The second-order valence-electron chi connectivity index (χ2n) is 6.92. The van der Waals surface area contributed by atoms with Crippen molar-refractivity contribution in [1.82, 2.24) is 19.2 Å². The van der Waals surface area contributed by atoms with Crippen LogP contribution in [0, 0.1) is 13.8 Å². The number of alkyl halides is 3. The van der Waals surface area contributed by atoms with Crippen LogP contribution in [-0.2, 0) is 6.54 Å². The van der Waals surface area contributed by atoms with Gasteiger partial charge in [0.05, 0.1) is 13.0 Å².